The number of ether oxygens (including phenoxy) is 1. The van der Waals surface area contributed by atoms with Crippen LogP contribution in [0.15, 0.2) is 72.8 Å². The molecule has 0 fully saturated rings. The van der Waals surface area contributed by atoms with Crippen molar-refractivity contribution in [2.24, 2.45) is 0 Å². The average molecular weight is 534 g/mol. The van der Waals surface area contributed by atoms with Crippen molar-refractivity contribution in [2.75, 3.05) is 11.9 Å². The number of carbonyl (C=O) groups is 2. The number of anilines is 1. The number of rotatable bonds is 6. The fraction of sp³-hybridized carbons (Fsp3) is 0.207. The lowest BCUT2D eigenvalue weighted by atomic mass is 9.95. The fourth-order valence-corrected chi connectivity index (χ4v) is 4.91. The Morgan fingerprint density at radius 3 is 2.59 bits per heavy atom. The molecule has 1 aliphatic heterocycles. The minimum Gasteiger partial charge on any atom is -0.449 e. The van der Waals surface area contributed by atoms with Crippen molar-refractivity contribution in [3.63, 3.8) is 0 Å². The number of halogens is 2. The fourth-order valence-electron chi connectivity index (χ4n) is 4.56. The number of pyridine rings is 1. The van der Waals surface area contributed by atoms with E-state index in [1.165, 1.54) is 12.5 Å². The Kier molecular flexibility index (Phi) is 7.42. The molecule has 1 unspecified atom stereocenters. The van der Waals surface area contributed by atoms with Crippen LogP contribution in [0, 0.1) is 0 Å². The van der Waals surface area contributed by atoms with Gasteiger partial charge in [-0.05, 0) is 30.7 Å². The Balaban J connectivity index is 1.41. The Morgan fingerprint density at radius 2 is 1.78 bits per heavy atom. The number of nitrogens with zero attached hydrogens (tertiary/aromatic N) is 2. The van der Waals surface area contributed by atoms with E-state index in [4.69, 9.17) is 32.9 Å². The summed E-state index contributed by atoms with van der Waals surface area (Å²) < 4.78 is 5.69. The molecule has 4 aromatic rings. The summed E-state index contributed by atoms with van der Waals surface area (Å²) >= 11 is 12.2. The van der Waals surface area contributed by atoms with E-state index < -0.39 is 18.0 Å². The zero-order chi connectivity index (χ0) is 25.9. The summed E-state index contributed by atoms with van der Waals surface area (Å²) in [5.41, 5.74) is 4.47. The van der Waals surface area contributed by atoms with Crippen molar-refractivity contribution in [3.8, 4) is 0 Å². The molecule has 6 nitrogen and oxygen atoms in total. The molecule has 1 amide bonds. The predicted molar refractivity (Wildman–Crippen MR) is 146 cm³/mol. The second kappa shape index (κ2) is 10.9. The van der Waals surface area contributed by atoms with E-state index in [1.807, 2.05) is 42.5 Å². The van der Waals surface area contributed by atoms with E-state index in [9.17, 15) is 9.59 Å². The number of amides is 1. The van der Waals surface area contributed by atoms with Crippen LogP contribution in [0.3, 0.4) is 0 Å². The molecule has 2 heterocycles. The van der Waals surface area contributed by atoms with Crippen LogP contribution in [-0.4, -0.2) is 34.4 Å². The number of nitrogens with one attached hydrogen (secondary N) is 1. The third kappa shape index (κ3) is 5.47. The lowest BCUT2D eigenvalue weighted by Crippen LogP contribution is -2.34. The molecule has 1 aromatic heterocycles. The average Bonchev–Trinajstić information content (AvgIpc) is 2.90. The lowest BCUT2D eigenvalue weighted by Gasteiger charge is -2.30. The molecule has 0 aliphatic carbocycles. The van der Waals surface area contributed by atoms with E-state index in [0.717, 1.165) is 36.3 Å². The highest BCUT2D eigenvalue weighted by Crippen LogP contribution is 2.31. The summed E-state index contributed by atoms with van der Waals surface area (Å²) in [6, 6.07) is 22.7. The molecule has 0 radical (unpaired) electrons. The molecule has 8 heteroatoms. The number of hydrogen-bond acceptors (Lipinski definition) is 5. The van der Waals surface area contributed by atoms with Crippen molar-refractivity contribution >= 4 is 51.7 Å². The van der Waals surface area contributed by atoms with Crippen LogP contribution in [0.25, 0.3) is 10.9 Å². The van der Waals surface area contributed by atoms with Gasteiger partial charge in [0.2, 0.25) is 0 Å². The van der Waals surface area contributed by atoms with E-state index in [-0.39, 0.29) is 5.02 Å². The molecular weight excluding hydrogens is 509 g/mol. The summed E-state index contributed by atoms with van der Waals surface area (Å²) in [5, 5.41) is 3.94. The van der Waals surface area contributed by atoms with E-state index in [0.29, 0.717) is 28.2 Å². The van der Waals surface area contributed by atoms with E-state index >= 15 is 0 Å². The molecule has 0 bridgehead atoms. The van der Waals surface area contributed by atoms with Gasteiger partial charge in [0.1, 0.15) is 0 Å². The first-order chi connectivity index (χ1) is 17.9. The van der Waals surface area contributed by atoms with Crippen molar-refractivity contribution in [2.45, 2.75) is 32.5 Å². The maximum absolute atomic E-state index is 13.6. The Morgan fingerprint density at radius 1 is 1.03 bits per heavy atom. The third-order valence-electron chi connectivity index (χ3n) is 6.44. The minimum absolute atomic E-state index is 0.226. The maximum Gasteiger partial charge on any atom is 0.339 e. The molecule has 0 saturated carbocycles. The first-order valence-corrected chi connectivity index (χ1v) is 12.8. The normalized spacial score (nSPS) is 14.1. The first-order valence-electron chi connectivity index (χ1n) is 12.0. The molecule has 1 aliphatic rings. The topological polar surface area (TPSA) is 71.5 Å². The summed E-state index contributed by atoms with van der Waals surface area (Å²) in [7, 11) is 0. The van der Waals surface area contributed by atoms with Gasteiger partial charge in [0.15, 0.2) is 6.10 Å². The number of carbonyl (C=O) groups excluding carboxylic acids is 2. The van der Waals surface area contributed by atoms with Gasteiger partial charge < -0.3 is 10.1 Å². The molecule has 188 valence electrons. The van der Waals surface area contributed by atoms with Gasteiger partial charge >= 0.3 is 5.97 Å². The van der Waals surface area contributed by atoms with Crippen LogP contribution in [0.1, 0.15) is 34.1 Å². The number of benzene rings is 3. The predicted octanol–water partition coefficient (Wildman–Crippen LogP) is 6.28. The number of esters is 1. The van der Waals surface area contributed by atoms with Gasteiger partial charge in [0.05, 0.1) is 26.8 Å². The van der Waals surface area contributed by atoms with Gasteiger partial charge in [-0.25, -0.2) is 4.79 Å². The first kappa shape index (κ1) is 25.2. The molecule has 1 atom stereocenters. The van der Waals surface area contributed by atoms with Gasteiger partial charge in [-0.1, -0.05) is 77.8 Å². The van der Waals surface area contributed by atoms with Gasteiger partial charge in [0.25, 0.3) is 5.91 Å². The summed E-state index contributed by atoms with van der Waals surface area (Å²) in [6.45, 7) is 3.69. The smallest absolute Gasteiger partial charge is 0.339 e. The second-order valence-corrected chi connectivity index (χ2v) is 9.80. The highest BCUT2D eigenvalue weighted by Gasteiger charge is 2.29. The van der Waals surface area contributed by atoms with Crippen LogP contribution in [-0.2, 0) is 29.0 Å². The molecule has 37 heavy (non-hydrogen) atoms. The van der Waals surface area contributed by atoms with Crippen molar-refractivity contribution in [1.82, 2.24) is 9.88 Å². The summed E-state index contributed by atoms with van der Waals surface area (Å²) in [6.07, 6.45) is -0.342. The monoisotopic (exact) mass is 533 g/mol. The number of fused-ring (bicyclic) bond motifs is 2. The highest BCUT2D eigenvalue weighted by atomic mass is 35.5. The van der Waals surface area contributed by atoms with Crippen molar-refractivity contribution in [3.05, 3.63) is 105 Å². The number of aromatic nitrogens is 1. The quantitative estimate of drug-likeness (QED) is 0.295. The Hall–Kier alpha value is -3.45. The van der Waals surface area contributed by atoms with Gasteiger partial charge in [-0.15, -0.1) is 0 Å². The van der Waals surface area contributed by atoms with Crippen LogP contribution < -0.4 is 5.32 Å². The number of para-hydroxylation sites is 1. The Bertz CT molecular complexity index is 1480. The molecule has 1 N–H and O–H groups in total. The Labute approximate surface area is 225 Å². The van der Waals surface area contributed by atoms with Crippen molar-refractivity contribution < 1.29 is 14.3 Å². The van der Waals surface area contributed by atoms with Gasteiger partial charge in [-0.3, -0.25) is 14.7 Å². The third-order valence-corrected chi connectivity index (χ3v) is 7.26. The highest BCUT2D eigenvalue weighted by molar-refractivity contribution is 6.44. The molecular formula is C29H25Cl2N3O3. The van der Waals surface area contributed by atoms with E-state index in [2.05, 4.69) is 22.3 Å². The van der Waals surface area contributed by atoms with Crippen LogP contribution in [0.2, 0.25) is 10.0 Å². The zero-order valence-corrected chi connectivity index (χ0v) is 21.7. The molecule has 0 spiro atoms. The van der Waals surface area contributed by atoms with Gasteiger partial charge in [0, 0.05) is 42.7 Å². The summed E-state index contributed by atoms with van der Waals surface area (Å²) in [5.74, 6) is -1.06. The van der Waals surface area contributed by atoms with E-state index in [1.54, 1.807) is 18.2 Å². The standard InChI is InChI=1S/C29H25Cl2N3O3/c1-18(28(35)33-25-13-7-11-22(30)27(25)31)37-29(36)26-20-10-5-6-12-23(20)32-24-14-15-34(17-21(24)26)16-19-8-3-2-4-9-19/h2-13,18H,14-17H2,1H3,(H,33,35). The SMILES string of the molecule is CC(OC(=O)c1c2c(nc3ccccc13)CCN(Cc1ccccc1)C2)C(=O)Nc1cccc(Cl)c1Cl. The maximum atomic E-state index is 13.6. The summed E-state index contributed by atoms with van der Waals surface area (Å²) in [4.78, 5) is 33.6. The molecule has 0 saturated heterocycles. The van der Waals surface area contributed by atoms with Gasteiger partial charge in [-0.2, -0.15) is 0 Å². The van der Waals surface area contributed by atoms with Crippen LogP contribution in [0.5, 0.6) is 0 Å². The second-order valence-electron chi connectivity index (χ2n) is 9.01. The van der Waals surface area contributed by atoms with Crippen LogP contribution >= 0.6 is 23.2 Å². The van der Waals surface area contributed by atoms with Crippen molar-refractivity contribution in [1.29, 1.82) is 0 Å². The molecule has 5 rings (SSSR count). The lowest BCUT2D eigenvalue weighted by molar-refractivity contribution is -0.123. The van der Waals surface area contributed by atoms with Crippen LogP contribution in [0.4, 0.5) is 5.69 Å². The number of hydrogen-bond donors (Lipinski definition) is 1. The largest absolute Gasteiger partial charge is 0.449 e. The minimum atomic E-state index is -1.06. The molecule has 3 aromatic carbocycles. The zero-order valence-electron chi connectivity index (χ0n) is 20.2.